The quantitative estimate of drug-likeness (QED) is 0.731. The molecule has 2 N–H and O–H groups in total. The normalized spacial score (nSPS) is 10.7. The number of hydrogen-bond acceptors (Lipinski definition) is 5. The minimum Gasteiger partial charge on any atom is -0.312 e. The molecule has 8 nitrogen and oxygen atoms in total. The molecule has 3 rings (SSSR count). The second kappa shape index (κ2) is 5.44. The molecule has 0 saturated carbocycles. The summed E-state index contributed by atoms with van der Waals surface area (Å²) in [6.45, 7) is -0.0578. The van der Waals surface area contributed by atoms with Crippen LogP contribution in [0.2, 0.25) is 0 Å². The molecule has 1 amide bonds. The first-order valence-electron chi connectivity index (χ1n) is 5.94. The highest BCUT2D eigenvalue weighted by atomic mass is 79.9. The fraction of sp³-hybridized carbons (Fsp3) is 0.0833. The number of fused-ring (bicyclic) bond motifs is 1. The number of nitrogens with zero attached hydrogens (tertiary/aromatic N) is 4. The van der Waals surface area contributed by atoms with Crippen molar-refractivity contribution in [3.63, 3.8) is 0 Å². The number of H-pyrrole nitrogens is 1. The molecule has 21 heavy (non-hydrogen) atoms. The van der Waals surface area contributed by atoms with Crippen LogP contribution in [0.1, 0.15) is 0 Å². The van der Waals surface area contributed by atoms with Crippen LogP contribution in [0.4, 0.5) is 5.82 Å². The van der Waals surface area contributed by atoms with Crippen LogP contribution in [0.25, 0.3) is 11.0 Å². The van der Waals surface area contributed by atoms with Gasteiger partial charge < -0.3 is 10.3 Å². The smallest absolute Gasteiger partial charge is 0.261 e. The van der Waals surface area contributed by atoms with Gasteiger partial charge in [0.25, 0.3) is 5.56 Å². The van der Waals surface area contributed by atoms with Gasteiger partial charge in [0.15, 0.2) is 5.65 Å². The Kier molecular flexibility index (Phi) is 3.48. The molecular formula is C12H9BrN6O2. The van der Waals surface area contributed by atoms with Crippen LogP contribution in [-0.2, 0) is 11.3 Å². The highest BCUT2D eigenvalue weighted by Crippen LogP contribution is 2.11. The number of carbonyl (C=O) groups excluding carboxylic acids is 1. The van der Waals surface area contributed by atoms with E-state index in [4.69, 9.17) is 0 Å². The molecule has 3 aromatic heterocycles. The van der Waals surface area contributed by atoms with Crippen LogP contribution in [0.3, 0.4) is 0 Å². The summed E-state index contributed by atoms with van der Waals surface area (Å²) in [7, 11) is 0. The molecule has 0 saturated heterocycles. The first kappa shape index (κ1) is 13.4. The van der Waals surface area contributed by atoms with Crippen molar-refractivity contribution < 1.29 is 4.79 Å². The third kappa shape index (κ3) is 2.82. The standard InChI is InChI=1S/C12H9BrN6O2/c13-7-1-2-9(14-3-7)18-10(20)5-19-11-8(4-17-19)12(21)16-6-15-11/h1-4,6H,5H2,(H,14,18,20)(H,15,16,21). The van der Waals surface area contributed by atoms with Crippen molar-refractivity contribution in [2.24, 2.45) is 0 Å². The summed E-state index contributed by atoms with van der Waals surface area (Å²) in [5.41, 5.74) is 0.0684. The monoisotopic (exact) mass is 348 g/mol. The summed E-state index contributed by atoms with van der Waals surface area (Å²) in [4.78, 5) is 34.0. The van der Waals surface area contributed by atoms with Crippen LogP contribution in [0.5, 0.6) is 0 Å². The van der Waals surface area contributed by atoms with Gasteiger partial charge >= 0.3 is 0 Å². The zero-order valence-corrected chi connectivity index (χ0v) is 12.2. The molecule has 0 fully saturated rings. The Bertz CT molecular complexity index is 854. The van der Waals surface area contributed by atoms with E-state index in [1.54, 1.807) is 18.3 Å². The topological polar surface area (TPSA) is 106 Å². The van der Waals surface area contributed by atoms with Gasteiger partial charge in [0, 0.05) is 10.7 Å². The molecule has 0 aliphatic carbocycles. The maximum Gasteiger partial charge on any atom is 0.261 e. The van der Waals surface area contributed by atoms with E-state index in [1.165, 1.54) is 17.2 Å². The molecule has 3 aromatic rings. The van der Waals surface area contributed by atoms with Crippen LogP contribution in [-0.4, -0.2) is 30.6 Å². The van der Waals surface area contributed by atoms with E-state index >= 15 is 0 Å². The molecule has 0 aliphatic heterocycles. The van der Waals surface area contributed by atoms with E-state index in [9.17, 15) is 9.59 Å². The zero-order valence-electron chi connectivity index (χ0n) is 10.6. The highest BCUT2D eigenvalue weighted by Gasteiger charge is 2.11. The minimum atomic E-state index is -0.308. The molecule has 3 heterocycles. The SMILES string of the molecule is O=C(Cn1ncc2c(=O)[nH]cnc21)Nc1ccc(Br)cn1. The van der Waals surface area contributed by atoms with Gasteiger partial charge in [0.05, 0.1) is 12.5 Å². The number of anilines is 1. The van der Waals surface area contributed by atoms with Crippen LogP contribution in [0.15, 0.2) is 40.1 Å². The lowest BCUT2D eigenvalue weighted by molar-refractivity contribution is -0.116. The van der Waals surface area contributed by atoms with Crippen LogP contribution >= 0.6 is 15.9 Å². The van der Waals surface area contributed by atoms with Crippen molar-refractivity contribution in [2.45, 2.75) is 6.54 Å². The van der Waals surface area contributed by atoms with Gasteiger partial charge in [-0.15, -0.1) is 0 Å². The number of halogens is 1. The van der Waals surface area contributed by atoms with Crippen molar-refractivity contribution in [3.8, 4) is 0 Å². The predicted octanol–water partition coefficient (Wildman–Crippen LogP) is 0.916. The van der Waals surface area contributed by atoms with E-state index in [0.29, 0.717) is 16.9 Å². The summed E-state index contributed by atoms with van der Waals surface area (Å²) in [5.74, 6) is 0.127. The van der Waals surface area contributed by atoms with Crippen LogP contribution in [0, 0.1) is 0 Å². The molecule has 0 radical (unpaired) electrons. The van der Waals surface area contributed by atoms with Gasteiger partial charge in [-0.1, -0.05) is 0 Å². The first-order valence-corrected chi connectivity index (χ1v) is 6.73. The Hall–Kier alpha value is -2.55. The Morgan fingerprint density at radius 2 is 2.19 bits per heavy atom. The molecule has 0 unspecified atom stereocenters. The molecule has 0 aliphatic rings. The molecular weight excluding hydrogens is 340 g/mol. The summed E-state index contributed by atoms with van der Waals surface area (Å²) in [6, 6.07) is 3.44. The Labute approximate surface area is 126 Å². The second-order valence-electron chi connectivity index (χ2n) is 4.18. The van der Waals surface area contributed by atoms with Crippen molar-refractivity contribution in [1.82, 2.24) is 24.7 Å². The van der Waals surface area contributed by atoms with Gasteiger partial charge in [-0.25, -0.2) is 14.6 Å². The number of aromatic amines is 1. The number of amides is 1. The third-order valence-electron chi connectivity index (χ3n) is 2.73. The molecule has 0 atom stereocenters. The van der Waals surface area contributed by atoms with E-state index in [2.05, 4.69) is 41.3 Å². The average molecular weight is 349 g/mol. The van der Waals surface area contributed by atoms with Gasteiger partial charge in [-0.05, 0) is 28.1 Å². The van der Waals surface area contributed by atoms with Crippen LogP contribution < -0.4 is 10.9 Å². The number of rotatable bonds is 3. The van der Waals surface area contributed by atoms with Crippen molar-refractivity contribution in [2.75, 3.05) is 5.32 Å². The maximum atomic E-state index is 12.0. The fourth-order valence-electron chi connectivity index (χ4n) is 1.79. The zero-order chi connectivity index (χ0) is 14.8. The van der Waals surface area contributed by atoms with Crippen molar-refractivity contribution in [1.29, 1.82) is 0 Å². The van der Waals surface area contributed by atoms with Crippen molar-refractivity contribution in [3.05, 3.63) is 45.7 Å². The largest absolute Gasteiger partial charge is 0.312 e. The number of hydrogen-bond donors (Lipinski definition) is 2. The summed E-state index contributed by atoms with van der Waals surface area (Å²) >= 11 is 3.26. The number of aromatic nitrogens is 5. The maximum absolute atomic E-state index is 12.0. The van der Waals surface area contributed by atoms with E-state index in [-0.39, 0.29) is 18.0 Å². The fourth-order valence-corrected chi connectivity index (χ4v) is 2.02. The molecule has 0 bridgehead atoms. The molecule has 106 valence electrons. The average Bonchev–Trinajstić information content (AvgIpc) is 2.86. The summed E-state index contributed by atoms with van der Waals surface area (Å²) < 4.78 is 2.18. The minimum absolute atomic E-state index is 0.0578. The number of pyridine rings is 1. The highest BCUT2D eigenvalue weighted by molar-refractivity contribution is 9.10. The van der Waals surface area contributed by atoms with E-state index in [1.807, 2.05) is 0 Å². The summed E-state index contributed by atoms with van der Waals surface area (Å²) in [6.07, 6.45) is 4.24. The third-order valence-corrected chi connectivity index (χ3v) is 3.20. The summed E-state index contributed by atoms with van der Waals surface area (Å²) in [5, 5.41) is 6.98. The van der Waals surface area contributed by atoms with Gasteiger partial charge in [0.1, 0.15) is 17.7 Å². The number of carbonyl (C=O) groups is 1. The lowest BCUT2D eigenvalue weighted by atomic mass is 10.4. The van der Waals surface area contributed by atoms with Crippen molar-refractivity contribution >= 4 is 38.7 Å². The Balaban J connectivity index is 1.79. The molecule has 0 aromatic carbocycles. The Morgan fingerprint density at radius 1 is 1.33 bits per heavy atom. The first-order chi connectivity index (χ1) is 10.1. The lowest BCUT2D eigenvalue weighted by Crippen LogP contribution is -2.20. The molecule has 0 spiro atoms. The second-order valence-corrected chi connectivity index (χ2v) is 5.10. The van der Waals surface area contributed by atoms with Gasteiger partial charge in [0.2, 0.25) is 5.91 Å². The lowest BCUT2D eigenvalue weighted by Gasteiger charge is -2.05. The molecule has 9 heteroatoms. The Morgan fingerprint density at radius 3 is 2.95 bits per heavy atom. The predicted molar refractivity (Wildman–Crippen MR) is 78.7 cm³/mol. The van der Waals surface area contributed by atoms with E-state index in [0.717, 1.165) is 4.47 Å². The van der Waals surface area contributed by atoms with Gasteiger partial charge in [-0.2, -0.15) is 5.10 Å². The van der Waals surface area contributed by atoms with E-state index < -0.39 is 0 Å². The number of nitrogens with one attached hydrogen (secondary N) is 2. The van der Waals surface area contributed by atoms with Gasteiger partial charge in [-0.3, -0.25) is 9.59 Å².